The number of likely N-dealkylation sites (N-methyl/N-ethyl adjacent to an activating group) is 1. The molecule has 2 amide bonds. The van der Waals surface area contributed by atoms with Gasteiger partial charge < -0.3 is 15.0 Å². The zero-order chi connectivity index (χ0) is 16.9. The van der Waals surface area contributed by atoms with Crippen molar-refractivity contribution < 1.29 is 14.3 Å². The van der Waals surface area contributed by atoms with Gasteiger partial charge in [-0.05, 0) is 36.1 Å². The molecule has 0 bridgehead atoms. The van der Waals surface area contributed by atoms with Crippen LogP contribution in [0.15, 0.2) is 5.16 Å². The molecule has 3 rings (SSSR count). The summed E-state index contributed by atoms with van der Waals surface area (Å²) >= 11 is 1.28. The standard InChI is InChI=1S/C14H22N6O3S/c1-19(8-12(21)15-10-4-5-10)13(22)9-24-14-16-17-18-20(14)7-11-3-2-6-23-11/h10-11H,2-9H2,1H3,(H,15,21)/t11-/m0/s1. The van der Waals surface area contributed by atoms with Crippen molar-refractivity contribution in [2.24, 2.45) is 0 Å². The number of nitrogens with zero attached hydrogens (tertiary/aromatic N) is 5. The predicted molar refractivity (Wildman–Crippen MR) is 86.3 cm³/mol. The lowest BCUT2D eigenvalue weighted by Crippen LogP contribution is -2.39. The first kappa shape index (κ1) is 17.2. The van der Waals surface area contributed by atoms with E-state index < -0.39 is 0 Å². The Hall–Kier alpha value is -1.68. The Kier molecular flexibility index (Phi) is 5.67. The predicted octanol–water partition coefficient (Wildman–Crippen LogP) is -0.319. The second-order valence-electron chi connectivity index (χ2n) is 6.16. The highest BCUT2D eigenvalue weighted by Gasteiger charge is 2.24. The summed E-state index contributed by atoms with van der Waals surface area (Å²) in [6.07, 6.45) is 4.26. The van der Waals surface area contributed by atoms with Crippen molar-refractivity contribution in [2.45, 2.75) is 49.5 Å². The monoisotopic (exact) mass is 354 g/mol. The molecule has 1 aliphatic carbocycles. The van der Waals surface area contributed by atoms with Crippen molar-refractivity contribution in [3.05, 3.63) is 0 Å². The maximum atomic E-state index is 12.2. The number of carbonyl (C=O) groups is 2. The number of aromatic nitrogens is 4. The maximum Gasteiger partial charge on any atom is 0.239 e. The molecule has 1 saturated carbocycles. The van der Waals surface area contributed by atoms with Gasteiger partial charge in [0, 0.05) is 19.7 Å². The van der Waals surface area contributed by atoms with Gasteiger partial charge in [-0.15, -0.1) is 5.10 Å². The van der Waals surface area contributed by atoms with Crippen LogP contribution < -0.4 is 5.32 Å². The Balaban J connectivity index is 1.43. The van der Waals surface area contributed by atoms with E-state index in [2.05, 4.69) is 20.8 Å². The molecular weight excluding hydrogens is 332 g/mol. The van der Waals surface area contributed by atoms with E-state index in [4.69, 9.17) is 4.74 Å². The molecule has 0 spiro atoms. The Labute approximate surface area is 144 Å². The first-order valence-corrected chi connectivity index (χ1v) is 9.14. The van der Waals surface area contributed by atoms with E-state index >= 15 is 0 Å². The second kappa shape index (κ2) is 7.93. The molecular formula is C14H22N6O3S. The Morgan fingerprint density at radius 3 is 2.96 bits per heavy atom. The summed E-state index contributed by atoms with van der Waals surface area (Å²) in [7, 11) is 1.63. The zero-order valence-electron chi connectivity index (χ0n) is 13.7. The van der Waals surface area contributed by atoms with Crippen LogP contribution in [0.5, 0.6) is 0 Å². The van der Waals surface area contributed by atoms with Crippen molar-refractivity contribution in [3.63, 3.8) is 0 Å². The third-order valence-electron chi connectivity index (χ3n) is 3.97. The molecule has 1 aromatic heterocycles. The first-order valence-electron chi connectivity index (χ1n) is 8.15. The van der Waals surface area contributed by atoms with Gasteiger partial charge in [-0.3, -0.25) is 9.59 Å². The molecule has 9 nitrogen and oxygen atoms in total. The van der Waals surface area contributed by atoms with E-state index in [9.17, 15) is 9.59 Å². The molecule has 0 unspecified atom stereocenters. The third kappa shape index (κ3) is 4.91. The van der Waals surface area contributed by atoms with Gasteiger partial charge in [-0.1, -0.05) is 11.8 Å². The van der Waals surface area contributed by atoms with Crippen LogP contribution in [0.2, 0.25) is 0 Å². The van der Waals surface area contributed by atoms with Crippen LogP contribution in [0.25, 0.3) is 0 Å². The van der Waals surface area contributed by atoms with Gasteiger partial charge in [-0.2, -0.15) is 0 Å². The van der Waals surface area contributed by atoms with E-state index in [-0.39, 0.29) is 30.2 Å². The van der Waals surface area contributed by atoms with Crippen molar-refractivity contribution in [1.29, 1.82) is 0 Å². The van der Waals surface area contributed by atoms with Crippen molar-refractivity contribution in [3.8, 4) is 0 Å². The minimum Gasteiger partial charge on any atom is -0.376 e. The van der Waals surface area contributed by atoms with Crippen molar-refractivity contribution in [2.75, 3.05) is 26.0 Å². The van der Waals surface area contributed by atoms with E-state index in [1.54, 1.807) is 11.7 Å². The van der Waals surface area contributed by atoms with Crippen LogP contribution in [0.1, 0.15) is 25.7 Å². The van der Waals surface area contributed by atoms with Crippen molar-refractivity contribution in [1.82, 2.24) is 30.4 Å². The van der Waals surface area contributed by atoms with E-state index in [0.717, 1.165) is 32.3 Å². The number of carbonyl (C=O) groups excluding carboxylic acids is 2. The number of nitrogens with one attached hydrogen (secondary N) is 1. The number of thioether (sulfide) groups is 1. The Morgan fingerprint density at radius 1 is 1.42 bits per heavy atom. The van der Waals surface area contributed by atoms with Gasteiger partial charge >= 0.3 is 0 Å². The first-order chi connectivity index (χ1) is 11.6. The van der Waals surface area contributed by atoms with Gasteiger partial charge in [0.2, 0.25) is 17.0 Å². The van der Waals surface area contributed by atoms with E-state index in [1.165, 1.54) is 16.7 Å². The number of amides is 2. The largest absolute Gasteiger partial charge is 0.376 e. The fourth-order valence-corrected chi connectivity index (χ4v) is 3.26. The molecule has 2 fully saturated rings. The number of rotatable bonds is 8. The molecule has 0 aromatic carbocycles. The van der Waals surface area contributed by atoms with Gasteiger partial charge in [0.15, 0.2) is 0 Å². The van der Waals surface area contributed by atoms with Gasteiger partial charge in [0.1, 0.15) is 0 Å². The van der Waals surface area contributed by atoms with Crippen LogP contribution in [-0.4, -0.2) is 75.0 Å². The van der Waals surface area contributed by atoms with Crippen LogP contribution in [0.4, 0.5) is 0 Å². The normalized spacial score (nSPS) is 20.1. The lowest BCUT2D eigenvalue weighted by atomic mass is 10.2. The molecule has 1 atom stereocenters. The molecule has 24 heavy (non-hydrogen) atoms. The highest BCUT2D eigenvalue weighted by Crippen LogP contribution is 2.19. The summed E-state index contributed by atoms with van der Waals surface area (Å²) in [5, 5.41) is 15.0. The van der Waals surface area contributed by atoms with Crippen LogP contribution >= 0.6 is 11.8 Å². The molecule has 1 saturated heterocycles. The van der Waals surface area contributed by atoms with Crippen molar-refractivity contribution >= 4 is 23.6 Å². The van der Waals surface area contributed by atoms with E-state index in [1.807, 2.05) is 0 Å². The fraction of sp³-hybridized carbons (Fsp3) is 0.786. The molecule has 2 heterocycles. The summed E-state index contributed by atoms with van der Waals surface area (Å²) in [4.78, 5) is 25.3. The average Bonchev–Trinajstić information content (AvgIpc) is 3.03. The zero-order valence-corrected chi connectivity index (χ0v) is 14.5. The number of ether oxygens (including phenoxy) is 1. The minimum absolute atomic E-state index is 0.0801. The van der Waals surface area contributed by atoms with Crippen LogP contribution in [0.3, 0.4) is 0 Å². The van der Waals surface area contributed by atoms with Crippen LogP contribution in [0, 0.1) is 0 Å². The lowest BCUT2D eigenvalue weighted by Gasteiger charge is -2.16. The average molecular weight is 354 g/mol. The highest BCUT2D eigenvalue weighted by atomic mass is 32.2. The number of hydrogen-bond donors (Lipinski definition) is 1. The SMILES string of the molecule is CN(CC(=O)NC1CC1)C(=O)CSc1nnnn1C[C@@H]1CCCO1. The topological polar surface area (TPSA) is 102 Å². The maximum absolute atomic E-state index is 12.2. The second-order valence-corrected chi connectivity index (χ2v) is 7.10. The molecule has 1 aromatic rings. The fourth-order valence-electron chi connectivity index (χ4n) is 2.44. The molecule has 1 N–H and O–H groups in total. The molecule has 2 aliphatic rings. The number of tetrazole rings is 1. The molecule has 132 valence electrons. The highest BCUT2D eigenvalue weighted by molar-refractivity contribution is 7.99. The quantitative estimate of drug-likeness (QED) is 0.638. The van der Waals surface area contributed by atoms with Gasteiger partial charge in [-0.25, -0.2) is 4.68 Å². The summed E-state index contributed by atoms with van der Waals surface area (Å²) in [5.74, 6) is -0.0433. The van der Waals surface area contributed by atoms with Gasteiger partial charge in [0.25, 0.3) is 0 Å². The Morgan fingerprint density at radius 2 is 2.25 bits per heavy atom. The summed E-state index contributed by atoms with van der Waals surface area (Å²) in [6.45, 7) is 1.46. The molecule has 0 radical (unpaired) electrons. The third-order valence-corrected chi connectivity index (χ3v) is 4.92. The van der Waals surface area contributed by atoms with Crippen LogP contribution in [-0.2, 0) is 20.9 Å². The summed E-state index contributed by atoms with van der Waals surface area (Å²) in [6, 6.07) is 0.304. The Bertz CT molecular complexity index is 585. The lowest BCUT2D eigenvalue weighted by molar-refractivity contribution is -0.132. The summed E-state index contributed by atoms with van der Waals surface area (Å²) in [5.41, 5.74) is 0. The molecule has 10 heteroatoms. The van der Waals surface area contributed by atoms with Gasteiger partial charge in [0.05, 0.1) is 24.9 Å². The summed E-state index contributed by atoms with van der Waals surface area (Å²) < 4.78 is 7.25. The smallest absolute Gasteiger partial charge is 0.239 e. The molecule has 1 aliphatic heterocycles. The minimum atomic E-state index is -0.127. The van der Waals surface area contributed by atoms with E-state index in [0.29, 0.717) is 17.7 Å². The number of hydrogen-bond acceptors (Lipinski definition) is 7.